The molecule has 2 atom stereocenters. The first-order valence-corrected chi connectivity index (χ1v) is 4.67. The second-order valence-electron chi connectivity index (χ2n) is 3.04. The van der Waals surface area contributed by atoms with Crippen LogP contribution in [0.15, 0.2) is 23.6 Å². The molecule has 0 saturated carbocycles. The van der Waals surface area contributed by atoms with E-state index in [0.29, 0.717) is 5.92 Å². The van der Waals surface area contributed by atoms with E-state index in [-0.39, 0.29) is 11.7 Å². The maximum atomic E-state index is 13.0. The third kappa shape index (κ3) is 2.47. The summed E-state index contributed by atoms with van der Waals surface area (Å²) in [6.45, 7) is 9.77. The van der Waals surface area contributed by atoms with Gasteiger partial charge in [0, 0.05) is 5.92 Å². The van der Waals surface area contributed by atoms with Gasteiger partial charge in [0.2, 0.25) is 0 Å². The molecule has 2 unspecified atom stereocenters. The topological polar surface area (TPSA) is 0 Å². The Balaban J connectivity index is 0.000000561. The minimum atomic E-state index is 0.0509. The number of allylic oxidation sites excluding steroid dienone is 4. The summed E-state index contributed by atoms with van der Waals surface area (Å²) >= 11 is 0. The van der Waals surface area contributed by atoms with Gasteiger partial charge in [0.05, 0.1) is 0 Å². The maximum Gasteiger partial charge on any atom is 0.106 e. The van der Waals surface area contributed by atoms with Gasteiger partial charge in [-0.15, -0.1) is 0 Å². The fourth-order valence-corrected chi connectivity index (χ4v) is 1.13. The molecule has 0 spiro atoms. The van der Waals surface area contributed by atoms with E-state index in [1.807, 2.05) is 40.7 Å². The second kappa shape index (κ2) is 5.13. The van der Waals surface area contributed by atoms with Crippen LogP contribution in [-0.4, -0.2) is 0 Å². The van der Waals surface area contributed by atoms with Crippen LogP contribution in [0.4, 0.5) is 4.39 Å². The van der Waals surface area contributed by atoms with E-state index >= 15 is 0 Å². The van der Waals surface area contributed by atoms with Crippen LogP contribution in [0.1, 0.15) is 34.6 Å². The molecule has 0 saturated heterocycles. The molecule has 0 aromatic rings. The predicted molar refractivity (Wildman–Crippen MR) is 52.6 cm³/mol. The summed E-state index contributed by atoms with van der Waals surface area (Å²) in [6.07, 6.45) is 3.92. The van der Waals surface area contributed by atoms with Gasteiger partial charge < -0.3 is 0 Å². The minimum Gasteiger partial charge on any atom is -0.211 e. The largest absolute Gasteiger partial charge is 0.211 e. The van der Waals surface area contributed by atoms with Crippen molar-refractivity contribution >= 4 is 0 Å². The first-order chi connectivity index (χ1) is 5.63. The highest BCUT2D eigenvalue weighted by Crippen LogP contribution is 2.29. The molecule has 0 N–H and O–H groups in total. The molecule has 0 heterocycles. The molecular formula is C11H19F. The molecule has 1 aliphatic carbocycles. The van der Waals surface area contributed by atoms with Crippen LogP contribution in [0.5, 0.6) is 0 Å². The average molecular weight is 170 g/mol. The third-order valence-corrected chi connectivity index (χ3v) is 2.21. The fourth-order valence-electron chi connectivity index (χ4n) is 1.13. The van der Waals surface area contributed by atoms with Gasteiger partial charge in [0.1, 0.15) is 5.83 Å². The summed E-state index contributed by atoms with van der Waals surface area (Å²) in [5.41, 5.74) is 0.783. The molecule has 1 rings (SSSR count). The van der Waals surface area contributed by atoms with Crippen LogP contribution in [0.3, 0.4) is 0 Å². The van der Waals surface area contributed by atoms with E-state index in [1.54, 1.807) is 0 Å². The lowest BCUT2D eigenvalue weighted by Crippen LogP contribution is -2.10. The summed E-state index contributed by atoms with van der Waals surface area (Å²) in [5.74, 6) is 0.476. The van der Waals surface area contributed by atoms with Crippen molar-refractivity contribution in [3.8, 4) is 0 Å². The van der Waals surface area contributed by atoms with E-state index in [4.69, 9.17) is 0 Å². The van der Waals surface area contributed by atoms with Gasteiger partial charge in [-0.1, -0.05) is 39.8 Å². The third-order valence-electron chi connectivity index (χ3n) is 2.21. The molecular weight excluding hydrogens is 151 g/mol. The summed E-state index contributed by atoms with van der Waals surface area (Å²) in [6, 6.07) is 0. The highest BCUT2D eigenvalue weighted by molar-refractivity contribution is 5.26. The second-order valence-corrected chi connectivity index (χ2v) is 3.04. The molecule has 1 heteroatoms. The Kier molecular flexibility index (Phi) is 4.87. The molecule has 0 bridgehead atoms. The molecule has 0 aromatic heterocycles. The van der Waals surface area contributed by atoms with Crippen molar-refractivity contribution in [2.24, 2.45) is 11.8 Å². The van der Waals surface area contributed by atoms with Crippen molar-refractivity contribution in [2.75, 3.05) is 0 Å². The number of hydrogen-bond acceptors (Lipinski definition) is 0. The van der Waals surface area contributed by atoms with Gasteiger partial charge in [-0.05, 0) is 18.4 Å². The zero-order valence-electron chi connectivity index (χ0n) is 8.69. The summed E-state index contributed by atoms with van der Waals surface area (Å²) in [7, 11) is 0. The van der Waals surface area contributed by atoms with Crippen LogP contribution in [-0.2, 0) is 0 Å². The van der Waals surface area contributed by atoms with Gasteiger partial charge in [0.15, 0.2) is 0 Å². The Morgan fingerprint density at radius 1 is 1.25 bits per heavy atom. The Labute approximate surface area is 75.2 Å². The van der Waals surface area contributed by atoms with Crippen LogP contribution in [0, 0.1) is 11.8 Å². The van der Waals surface area contributed by atoms with E-state index < -0.39 is 0 Å². The van der Waals surface area contributed by atoms with Gasteiger partial charge in [-0.25, -0.2) is 4.39 Å². The lowest BCUT2D eigenvalue weighted by Gasteiger charge is -2.19. The lowest BCUT2D eigenvalue weighted by atomic mass is 9.88. The zero-order chi connectivity index (χ0) is 9.72. The first kappa shape index (κ1) is 11.4. The number of rotatable bonds is 0. The molecule has 0 nitrogen and oxygen atoms in total. The molecule has 0 aromatic carbocycles. The molecule has 12 heavy (non-hydrogen) atoms. The monoisotopic (exact) mass is 170 g/mol. The number of hydrogen-bond donors (Lipinski definition) is 0. The maximum absolute atomic E-state index is 13.0. The first-order valence-electron chi connectivity index (χ1n) is 4.67. The highest BCUT2D eigenvalue weighted by Gasteiger charge is 2.19. The molecule has 70 valence electrons. The zero-order valence-corrected chi connectivity index (χ0v) is 8.69. The predicted octanol–water partition coefficient (Wildman–Crippen LogP) is 4.10. The van der Waals surface area contributed by atoms with Gasteiger partial charge in [0.25, 0.3) is 0 Å². The van der Waals surface area contributed by atoms with Crippen molar-refractivity contribution in [1.82, 2.24) is 0 Å². The lowest BCUT2D eigenvalue weighted by molar-refractivity contribution is 0.410. The average Bonchev–Trinajstić information content (AvgIpc) is 2.12. The smallest absolute Gasteiger partial charge is 0.106 e. The van der Waals surface area contributed by atoms with Crippen LogP contribution in [0.2, 0.25) is 0 Å². The molecule has 1 aliphatic rings. The van der Waals surface area contributed by atoms with Crippen molar-refractivity contribution in [3.05, 3.63) is 23.6 Å². The summed E-state index contributed by atoms with van der Waals surface area (Å²) < 4.78 is 13.0. The van der Waals surface area contributed by atoms with E-state index in [0.717, 1.165) is 5.57 Å². The number of halogens is 1. The highest BCUT2D eigenvalue weighted by atomic mass is 19.1. The van der Waals surface area contributed by atoms with E-state index in [2.05, 4.69) is 6.08 Å². The summed E-state index contributed by atoms with van der Waals surface area (Å²) in [5, 5.41) is 0. The Bertz CT molecular complexity index is 189. The van der Waals surface area contributed by atoms with Gasteiger partial charge in [-0.2, -0.15) is 0 Å². The molecule has 0 fully saturated rings. The van der Waals surface area contributed by atoms with Crippen molar-refractivity contribution in [2.45, 2.75) is 34.6 Å². The van der Waals surface area contributed by atoms with Crippen LogP contribution in [0.25, 0.3) is 0 Å². The van der Waals surface area contributed by atoms with Crippen LogP contribution < -0.4 is 0 Å². The Morgan fingerprint density at radius 3 is 2.17 bits per heavy atom. The van der Waals surface area contributed by atoms with E-state index in [9.17, 15) is 4.39 Å². The molecule has 0 radical (unpaired) electrons. The SMILES string of the molecule is CC.CC1=C(F)C(C)C(C)C=C1. The van der Waals surface area contributed by atoms with Crippen molar-refractivity contribution in [1.29, 1.82) is 0 Å². The quantitative estimate of drug-likeness (QED) is 0.513. The van der Waals surface area contributed by atoms with Crippen LogP contribution >= 0.6 is 0 Å². The van der Waals surface area contributed by atoms with Gasteiger partial charge in [-0.3, -0.25) is 0 Å². The molecule has 0 aliphatic heterocycles. The Hall–Kier alpha value is -0.590. The fraction of sp³-hybridized carbons (Fsp3) is 0.636. The van der Waals surface area contributed by atoms with Crippen molar-refractivity contribution < 1.29 is 4.39 Å². The summed E-state index contributed by atoms with van der Waals surface area (Å²) in [4.78, 5) is 0. The van der Waals surface area contributed by atoms with Gasteiger partial charge >= 0.3 is 0 Å². The van der Waals surface area contributed by atoms with Crippen molar-refractivity contribution in [3.63, 3.8) is 0 Å². The standard InChI is InChI=1S/C9H13F.C2H6/c1-6-4-5-7(2)9(10)8(6)3;1-2/h4-6,8H,1-3H3;1-2H3. The minimum absolute atomic E-state index is 0.0509. The Morgan fingerprint density at radius 2 is 1.75 bits per heavy atom. The van der Waals surface area contributed by atoms with E-state index in [1.165, 1.54) is 0 Å². The molecule has 0 amide bonds. The normalized spacial score (nSPS) is 28.2.